The Morgan fingerprint density at radius 3 is 2.36 bits per heavy atom. The molecule has 0 unspecified atom stereocenters. The SMILES string of the molecule is Cc1cc(-c2cn(-c3ccc(I)cc3N3CCC4(CC3)CC4)nn2)nc(N2CCCCC2)n1. The molecule has 2 aliphatic heterocycles. The second-order valence-corrected chi connectivity index (χ2v) is 11.2. The third-order valence-electron chi connectivity index (χ3n) is 7.54. The summed E-state index contributed by atoms with van der Waals surface area (Å²) in [7, 11) is 0. The summed E-state index contributed by atoms with van der Waals surface area (Å²) in [6.45, 7) is 6.33. The van der Waals surface area contributed by atoms with E-state index in [4.69, 9.17) is 9.97 Å². The van der Waals surface area contributed by atoms with Gasteiger partial charge in [0, 0.05) is 35.4 Å². The van der Waals surface area contributed by atoms with Crippen molar-refractivity contribution in [2.45, 2.75) is 51.9 Å². The van der Waals surface area contributed by atoms with Gasteiger partial charge in [0.2, 0.25) is 5.95 Å². The van der Waals surface area contributed by atoms with E-state index in [9.17, 15) is 0 Å². The summed E-state index contributed by atoms with van der Waals surface area (Å²) in [6, 6.07) is 8.61. The van der Waals surface area contributed by atoms with Crippen molar-refractivity contribution in [3.63, 3.8) is 0 Å². The van der Waals surface area contributed by atoms with Crippen molar-refractivity contribution in [1.82, 2.24) is 25.0 Å². The van der Waals surface area contributed by atoms with Crippen LogP contribution in [0.4, 0.5) is 11.6 Å². The van der Waals surface area contributed by atoms with Gasteiger partial charge in [0.25, 0.3) is 0 Å². The van der Waals surface area contributed by atoms with Crippen molar-refractivity contribution in [2.24, 2.45) is 5.41 Å². The normalized spacial score (nSPS) is 19.8. The number of rotatable bonds is 4. The Balaban J connectivity index is 1.30. The molecule has 1 aliphatic carbocycles. The highest BCUT2D eigenvalue weighted by molar-refractivity contribution is 14.1. The number of piperidine rings is 2. The average Bonchev–Trinajstić information content (AvgIpc) is 3.40. The van der Waals surface area contributed by atoms with Crippen LogP contribution in [0, 0.1) is 15.9 Å². The van der Waals surface area contributed by atoms with Crippen LogP contribution in [-0.4, -0.2) is 51.1 Å². The molecule has 4 heterocycles. The molecule has 3 aromatic rings. The molecule has 2 aromatic heterocycles. The van der Waals surface area contributed by atoms with Gasteiger partial charge < -0.3 is 9.80 Å². The summed E-state index contributed by atoms with van der Waals surface area (Å²) >= 11 is 2.41. The minimum absolute atomic E-state index is 0.663. The van der Waals surface area contributed by atoms with Crippen LogP contribution in [0.25, 0.3) is 17.1 Å². The van der Waals surface area contributed by atoms with Gasteiger partial charge in [0.1, 0.15) is 5.69 Å². The molecule has 3 fully saturated rings. The van der Waals surface area contributed by atoms with Crippen molar-refractivity contribution in [3.05, 3.63) is 39.7 Å². The highest BCUT2D eigenvalue weighted by atomic mass is 127. The fourth-order valence-corrected chi connectivity index (χ4v) is 5.74. The lowest BCUT2D eigenvalue weighted by Gasteiger charge is -2.35. The minimum Gasteiger partial charge on any atom is -0.370 e. The first-order chi connectivity index (χ1) is 16.1. The molecular formula is C25H30IN7. The van der Waals surface area contributed by atoms with E-state index >= 15 is 0 Å². The van der Waals surface area contributed by atoms with Crippen molar-refractivity contribution >= 4 is 34.2 Å². The van der Waals surface area contributed by atoms with Gasteiger partial charge in [0.05, 0.1) is 23.3 Å². The first-order valence-corrected chi connectivity index (χ1v) is 13.2. The van der Waals surface area contributed by atoms with Crippen LogP contribution in [0.5, 0.6) is 0 Å². The first-order valence-electron chi connectivity index (χ1n) is 12.2. The first kappa shape index (κ1) is 21.3. The Labute approximate surface area is 208 Å². The van der Waals surface area contributed by atoms with Gasteiger partial charge in [-0.3, -0.25) is 0 Å². The summed E-state index contributed by atoms with van der Waals surface area (Å²) in [5.74, 6) is 0.816. The standard InChI is InChI=1S/C25H30IN7/c1-18-15-20(28-24(27-18)32-11-3-2-4-12-32)21-17-33(30-29-21)22-6-5-19(26)16-23(22)31-13-9-25(7-8-25)10-14-31/h5-6,15-17H,2-4,7-14H2,1H3. The Kier molecular flexibility index (Phi) is 5.50. The van der Waals surface area contributed by atoms with Gasteiger partial charge in [-0.05, 0) is 104 Å². The van der Waals surface area contributed by atoms with Crippen LogP contribution in [0.3, 0.4) is 0 Å². The van der Waals surface area contributed by atoms with Crippen LogP contribution < -0.4 is 9.80 Å². The molecule has 7 nitrogen and oxygen atoms in total. The number of aryl methyl sites for hydroxylation is 1. The highest BCUT2D eigenvalue weighted by Crippen LogP contribution is 2.54. The zero-order valence-corrected chi connectivity index (χ0v) is 21.3. The number of hydrogen-bond donors (Lipinski definition) is 0. The summed E-state index contributed by atoms with van der Waals surface area (Å²) in [4.78, 5) is 14.4. The predicted octanol–water partition coefficient (Wildman–Crippen LogP) is 5.01. The maximum absolute atomic E-state index is 4.87. The lowest BCUT2D eigenvalue weighted by Crippen LogP contribution is -2.35. The van der Waals surface area contributed by atoms with Gasteiger partial charge in [-0.2, -0.15) is 0 Å². The van der Waals surface area contributed by atoms with Crippen LogP contribution in [-0.2, 0) is 0 Å². The fourth-order valence-electron chi connectivity index (χ4n) is 5.26. The van der Waals surface area contributed by atoms with Crippen LogP contribution in [0.1, 0.15) is 50.6 Å². The smallest absolute Gasteiger partial charge is 0.226 e. The van der Waals surface area contributed by atoms with E-state index in [2.05, 4.69) is 60.9 Å². The molecule has 1 saturated carbocycles. The molecule has 2 saturated heterocycles. The minimum atomic E-state index is 0.663. The Morgan fingerprint density at radius 2 is 1.61 bits per heavy atom. The van der Waals surface area contributed by atoms with E-state index in [1.807, 2.05) is 23.9 Å². The number of nitrogens with zero attached hydrogens (tertiary/aromatic N) is 7. The summed E-state index contributed by atoms with van der Waals surface area (Å²) in [5.41, 5.74) is 5.60. The molecule has 3 aliphatic rings. The van der Waals surface area contributed by atoms with Gasteiger partial charge in [-0.1, -0.05) is 5.21 Å². The molecule has 0 radical (unpaired) electrons. The van der Waals surface area contributed by atoms with Crippen molar-refractivity contribution in [2.75, 3.05) is 36.0 Å². The Bertz CT molecular complexity index is 1150. The number of hydrogen-bond acceptors (Lipinski definition) is 6. The van der Waals surface area contributed by atoms with Crippen LogP contribution >= 0.6 is 22.6 Å². The van der Waals surface area contributed by atoms with E-state index < -0.39 is 0 Å². The third-order valence-corrected chi connectivity index (χ3v) is 8.21. The Morgan fingerprint density at radius 1 is 0.818 bits per heavy atom. The third kappa shape index (κ3) is 4.34. The average molecular weight is 555 g/mol. The molecule has 0 amide bonds. The fraction of sp³-hybridized carbons (Fsp3) is 0.520. The number of halogens is 1. The van der Waals surface area contributed by atoms with E-state index in [0.29, 0.717) is 5.41 Å². The number of aromatic nitrogens is 5. The van der Waals surface area contributed by atoms with Gasteiger partial charge in [-0.25, -0.2) is 14.6 Å². The topological polar surface area (TPSA) is 63.0 Å². The predicted molar refractivity (Wildman–Crippen MR) is 139 cm³/mol. The zero-order valence-electron chi connectivity index (χ0n) is 19.2. The van der Waals surface area contributed by atoms with Crippen molar-refractivity contribution in [1.29, 1.82) is 0 Å². The number of anilines is 2. The monoisotopic (exact) mass is 555 g/mol. The maximum Gasteiger partial charge on any atom is 0.226 e. The molecule has 172 valence electrons. The van der Waals surface area contributed by atoms with Crippen LogP contribution in [0.2, 0.25) is 0 Å². The second kappa shape index (κ2) is 8.52. The molecule has 1 spiro atoms. The largest absolute Gasteiger partial charge is 0.370 e. The van der Waals surface area contributed by atoms with E-state index in [1.54, 1.807) is 0 Å². The molecule has 0 N–H and O–H groups in total. The molecule has 8 heteroatoms. The van der Waals surface area contributed by atoms with Gasteiger partial charge in [0.15, 0.2) is 0 Å². The van der Waals surface area contributed by atoms with Crippen molar-refractivity contribution in [3.8, 4) is 17.1 Å². The Hall–Kier alpha value is -2.23. The van der Waals surface area contributed by atoms with Crippen LogP contribution in [0.15, 0.2) is 30.5 Å². The maximum atomic E-state index is 4.87. The second-order valence-electron chi connectivity index (χ2n) is 9.91. The van der Waals surface area contributed by atoms with E-state index in [-0.39, 0.29) is 0 Å². The summed E-state index contributed by atoms with van der Waals surface area (Å²) in [6.07, 6.45) is 11.2. The molecular weight excluding hydrogens is 525 g/mol. The van der Waals surface area contributed by atoms with E-state index in [1.165, 1.54) is 54.2 Å². The van der Waals surface area contributed by atoms with Gasteiger partial charge >= 0.3 is 0 Å². The lowest BCUT2D eigenvalue weighted by molar-refractivity contribution is 0.384. The zero-order chi connectivity index (χ0) is 22.4. The molecule has 6 rings (SSSR count). The number of benzene rings is 1. The summed E-state index contributed by atoms with van der Waals surface area (Å²) in [5, 5.41) is 9.04. The molecule has 33 heavy (non-hydrogen) atoms. The molecule has 1 aromatic carbocycles. The molecule has 0 atom stereocenters. The highest BCUT2D eigenvalue weighted by Gasteiger charge is 2.44. The molecule has 0 bridgehead atoms. The van der Waals surface area contributed by atoms with E-state index in [0.717, 1.165) is 54.9 Å². The quantitative estimate of drug-likeness (QED) is 0.422. The summed E-state index contributed by atoms with van der Waals surface area (Å²) < 4.78 is 3.16. The lowest BCUT2D eigenvalue weighted by atomic mass is 9.93. The van der Waals surface area contributed by atoms with Gasteiger partial charge in [-0.15, -0.1) is 5.10 Å². The van der Waals surface area contributed by atoms with Crippen molar-refractivity contribution < 1.29 is 0 Å².